The lowest BCUT2D eigenvalue weighted by atomic mass is 9.94. The van der Waals surface area contributed by atoms with Crippen LogP contribution >= 0.6 is 11.8 Å². The minimum absolute atomic E-state index is 0.152. The van der Waals surface area contributed by atoms with Gasteiger partial charge in [0.15, 0.2) is 0 Å². The second-order valence-corrected chi connectivity index (χ2v) is 6.91. The van der Waals surface area contributed by atoms with Gasteiger partial charge in [-0.2, -0.15) is 0 Å². The third-order valence-electron chi connectivity index (χ3n) is 3.38. The zero-order chi connectivity index (χ0) is 16.0. The molecule has 1 aromatic heterocycles. The standard InChI is InChI=1S/C15H26N2O3S/c1-10(2)17-15(5,13(18)19)8-6-7-9-21-14-16-11(3)12(4)20-14/h10,17H,6-9H2,1-5H3,(H,18,19). The molecule has 0 radical (unpaired) electrons. The van der Waals surface area contributed by atoms with E-state index in [2.05, 4.69) is 10.3 Å². The predicted octanol–water partition coefficient (Wildman–Crippen LogP) is 3.40. The van der Waals surface area contributed by atoms with Crippen LogP contribution in [0.1, 0.15) is 51.5 Å². The molecule has 0 saturated carbocycles. The maximum absolute atomic E-state index is 11.4. The van der Waals surface area contributed by atoms with E-state index in [1.807, 2.05) is 27.7 Å². The Morgan fingerprint density at radius 2 is 2.10 bits per heavy atom. The number of aryl methyl sites for hydroxylation is 2. The average Bonchev–Trinajstić information content (AvgIpc) is 2.67. The lowest BCUT2D eigenvalue weighted by Gasteiger charge is -2.28. The second kappa shape index (κ2) is 7.84. The number of hydrogen-bond donors (Lipinski definition) is 2. The fourth-order valence-corrected chi connectivity index (χ4v) is 3.03. The van der Waals surface area contributed by atoms with Crippen molar-refractivity contribution in [1.82, 2.24) is 10.3 Å². The largest absolute Gasteiger partial charge is 0.480 e. The summed E-state index contributed by atoms with van der Waals surface area (Å²) in [7, 11) is 0. The summed E-state index contributed by atoms with van der Waals surface area (Å²) in [6.07, 6.45) is 2.41. The van der Waals surface area contributed by atoms with Gasteiger partial charge in [0.05, 0.1) is 5.69 Å². The first-order valence-electron chi connectivity index (χ1n) is 7.32. The third-order valence-corrected chi connectivity index (χ3v) is 4.30. The van der Waals surface area contributed by atoms with Gasteiger partial charge in [-0.3, -0.25) is 10.1 Å². The summed E-state index contributed by atoms with van der Waals surface area (Å²) in [4.78, 5) is 15.7. The summed E-state index contributed by atoms with van der Waals surface area (Å²) in [6, 6.07) is 0.152. The highest BCUT2D eigenvalue weighted by atomic mass is 32.2. The minimum atomic E-state index is -0.852. The minimum Gasteiger partial charge on any atom is -0.480 e. The SMILES string of the molecule is Cc1nc(SCCCCC(C)(NC(C)C)C(=O)O)oc1C. The number of hydrogen-bond acceptors (Lipinski definition) is 5. The second-order valence-electron chi connectivity index (χ2n) is 5.86. The number of carboxylic acid groups (broad SMARTS) is 1. The molecule has 1 heterocycles. The normalized spacial score (nSPS) is 14.4. The number of aliphatic carboxylic acids is 1. The molecule has 0 aliphatic carbocycles. The van der Waals surface area contributed by atoms with Crippen molar-refractivity contribution < 1.29 is 14.3 Å². The highest BCUT2D eigenvalue weighted by Gasteiger charge is 2.32. The Labute approximate surface area is 130 Å². The van der Waals surface area contributed by atoms with Crippen LogP contribution in [-0.2, 0) is 4.79 Å². The Balaban J connectivity index is 2.33. The molecule has 0 saturated heterocycles. The average molecular weight is 314 g/mol. The fourth-order valence-electron chi connectivity index (χ4n) is 2.12. The van der Waals surface area contributed by atoms with Crippen molar-refractivity contribution in [3.05, 3.63) is 11.5 Å². The van der Waals surface area contributed by atoms with Gasteiger partial charge < -0.3 is 9.52 Å². The van der Waals surface area contributed by atoms with Crippen LogP contribution in [0, 0.1) is 13.8 Å². The summed E-state index contributed by atoms with van der Waals surface area (Å²) in [6.45, 7) is 9.51. The number of aromatic nitrogens is 1. The van der Waals surface area contributed by atoms with Crippen LogP contribution in [0.4, 0.5) is 0 Å². The highest BCUT2D eigenvalue weighted by Crippen LogP contribution is 2.23. The third kappa shape index (κ3) is 5.71. The van der Waals surface area contributed by atoms with Gasteiger partial charge in [-0.05, 0) is 47.5 Å². The van der Waals surface area contributed by atoms with Crippen LogP contribution in [0.25, 0.3) is 0 Å². The van der Waals surface area contributed by atoms with Crippen LogP contribution in [0.15, 0.2) is 9.64 Å². The van der Waals surface area contributed by atoms with Crippen molar-refractivity contribution in [1.29, 1.82) is 0 Å². The van der Waals surface area contributed by atoms with E-state index >= 15 is 0 Å². The van der Waals surface area contributed by atoms with Crippen molar-refractivity contribution in [3.63, 3.8) is 0 Å². The first kappa shape index (κ1) is 18.0. The summed E-state index contributed by atoms with van der Waals surface area (Å²) in [5, 5.41) is 13.2. The lowest BCUT2D eigenvalue weighted by molar-refractivity contribution is -0.144. The molecule has 120 valence electrons. The molecular weight excluding hydrogens is 288 g/mol. The molecule has 1 aromatic rings. The molecular formula is C15H26N2O3S. The quantitative estimate of drug-likeness (QED) is 0.537. The Hall–Kier alpha value is -1.01. The molecule has 1 unspecified atom stereocenters. The van der Waals surface area contributed by atoms with Crippen molar-refractivity contribution in [2.45, 2.75) is 70.7 Å². The maximum atomic E-state index is 11.4. The molecule has 0 amide bonds. The van der Waals surface area contributed by atoms with Gasteiger partial charge in [-0.1, -0.05) is 18.2 Å². The van der Waals surface area contributed by atoms with Crippen molar-refractivity contribution in [3.8, 4) is 0 Å². The zero-order valence-corrected chi connectivity index (χ0v) is 14.3. The molecule has 6 heteroatoms. The number of nitrogens with zero attached hydrogens (tertiary/aromatic N) is 1. The van der Waals surface area contributed by atoms with Gasteiger partial charge >= 0.3 is 5.97 Å². The molecule has 0 aliphatic heterocycles. The van der Waals surface area contributed by atoms with E-state index in [1.165, 1.54) is 0 Å². The maximum Gasteiger partial charge on any atom is 0.323 e. The number of thioether (sulfide) groups is 1. The number of carboxylic acids is 1. The van der Waals surface area contributed by atoms with E-state index < -0.39 is 11.5 Å². The molecule has 0 aliphatic rings. The first-order chi connectivity index (χ1) is 9.74. The van der Waals surface area contributed by atoms with Crippen molar-refractivity contribution >= 4 is 17.7 Å². The smallest absolute Gasteiger partial charge is 0.323 e. The Morgan fingerprint density at radius 1 is 1.43 bits per heavy atom. The van der Waals surface area contributed by atoms with E-state index in [4.69, 9.17) is 4.42 Å². The van der Waals surface area contributed by atoms with Gasteiger partial charge in [0.1, 0.15) is 11.3 Å². The van der Waals surface area contributed by atoms with Crippen LogP contribution in [-0.4, -0.2) is 33.4 Å². The van der Waals surface area contributed by atoms with E-state index in [0.717, 1.165) is 30.0 Å². The van der Waals surface area contributed by atoms with Gasteiger partial charge in [0, 0.05) is 11.8 Å². The summed E-state index contributed by atoms with van der Waals surface area (Å²) in [5.74, 6) is 0.955. The number of carbonyl (C=O) groups is 1. The summed E-state index contributed by atoms with van der Waals surface area (Å²) < 4.78 is 5.50. The molecule has 0 aromatic carbocycles. The van der Waals surface area contributed by atoms with E-state index in [0.29, 0.717) is 11.6 Å². The summed E-state index contributed by atoms with van der Waals surface area (Å²) >= 11 is 1.58. The van der Waals surface area contributed by atoms with Crippen LogP contribution in [0.2, 0.25) is 0 Å². The van der Waals surface area contributed by atoms with E-state index in [1.54, 1.807) is 18.7 Å². The van der Waals surface area contributed by atoms with Gasteiger partial charge in [-0.15, -0.1) is 0 Å². The van der Waals surface area contributed by atoms with Crippen LogP contribution < -0.4 is 5.32 Å². The molecule has 1 rings (SSSR count). The fraction of sp³-hybridized carbons (Fsp3) is 0.733. The molecule has 0 spiro atoms. The van der Waals surface area contributed by atoms with E-state index in [9.17, 15) is 9.90 Å². The van der Waals surface area contributed by atoms with Gasteiger partial charge in [-0.25, -0.2) is 4.98 Å². The number of unbranched alkanes of at least 4 members (excludes halogenated alkanes) is 1. The molecule has 5 nitrogen and oxygen atoms in total. The van der Waals surface area contributed by atoms with Crippen molar-refractivity contribution in [2.24, 2.45) is 0 Å². The number of oxazole rings is 1. The van der Waals surface area contributed by atoms with Gasteiger partial charge in [0.25, 0.3) is 5.22 Å². The number of rotatable bonds is 9. The van der Waals surface area contributed by atoms with E-state index in [-0.39, 0.29) is 6.04 Å². The van der Waals surface area contributed by atoms with Crippen molar-refractivity contribution in [2.75, 3.05) is 5.75 Å². The lowest BCUT2D eigenvalue weighted by Crippen LogP contribution is -2.52. The van der Waals surface area contributed by atoms with Crippen LogP contribution in [0.5, 0.6) is 0 Å². The predicted molar refractivity (Wildman–Crippen MR) is 84.9 cm³/mol. The monoisotopic (exact) mass is 314 g/mol. The topological polar surface area (TPSA) is 75.4 Å². The summed E-state index contributed by atoms with van der Waals surface area (Å²) in [5.41, 5.74) is 0.0756. The first-order valence-corrected chi connectivity index (χ1v) is 8.31. The molecule has 2 N–H and O–H groups in total. The Bertz CT molecular complexity index is 454. The number of nitrogens with one attached hydrogen (secondary N) is 1. The molecule has 0 bridgehead atoms. The zero-order valence-electron chi connectivity index (χ0n) is 13.5. The molecule has 21 heavy (non-hydrogen) atoms. The molecule has 1 atom stereocenters. The highest BCUT2D eigenvalue weighted by molar-refractivity contribution is 7.99. The Kier molecular flexibility index (Phi) is 6.74. The van der Waals surface area contributed by atoms with Crippen LogP contribution in [0.3, 0.4) is 0 Å². The molecule has 0 fully saturated rings. The van der Waals surface area contributed by atoms with Gasteiger partial charge in [0.2, 0.25) is 0 Å². The Morgan fingerprint density at radius 3 is 2.57 bits per heavy atom.